The lowest BCUT2D eigenvalue weighted by Crippen LogP contribution is -1.99. The SMILES string of the molecule is CC(C)CCCOCc1ccc(N)nc1. The van der Waals surface area contributed by atoms with Gasteiger partial charge in [0.25, 0.3) is 0 Å². The molecule has 0 spiro atoms. The molecule has 2 N–H and O–H groups in total. The molecule has 0 saturated carbocycles. The van der Waals surface area contributed by atoms with Gasteiger partial charge >= 0.3 is 0 Å². The Morgan fingerprint density at radius 3 is 2.80 bits per heavy atom. The minimum absolute atomic E-state index is 0.554. The van der Waals surface area contributed by atoms with Crippen LogP contribution >= 0.6 is 0 Å². The highest BCUT2D eigenvalue weighted by Crippen LogP contribution is 2.06. The van der Waals surface area contributed by atoms with Gasteiger partial charge in [-0.1, -0.05) is 19.9 Å². The normalized spacial score (nSPS) is 10.9. The standard InChI is InChI=1S/C12H20N2O/c1-10(2)4-3-7-15-9-11-5-6-12(13)14-8-11/h5-6,8,10H,3-4,7,9H2,1-2H3,(H2,13,14). The minimum Gasteiger partial charge on any atom is -0.384 e. The van der Waals surface area contributed by atoms with Crippen LogP contribution in [-0.2, 0) is 11.3 Å². The van der Waals surface area contributed by atoms with E-state index < -0.39 is 0 Å². The molecule has 0 bridgehead atoms. The monoisotopic (exact) mass is 208 g/mol. The third-order valence-electron chi connectivity index (χ3n) is 2.19. The Kier molecular flexibility index (Phi) is 5.12. The molecule has 0 unspecified atom stereocenters. The van der Waals surface area contributed by atoms with Crippen molar-refractivity contribution < 1.29 is 4.74 Å². The fourth-order valence-electron chi connectivity index (χ4n) is 1.30. The molecule has 3 heteroatoms. The summed E-state index contributed by atoms with van der Waals surface area (Å²) in [6.07, 6.45) is 4.11. The molecule has 1 aromatic rings. The van der Waals surface area contributed by atoms with Crippen molar-refractivity contribution in [1.29, 1.82) is 0 Å². The highest BCUT2D eigenvalue weighted by molar-refractivity contribution is 5.28. The predicted molar refractivity (Wildman–Crippen MR) is 62.4 cm³/mol. The molecule has 1 heterocycles. The van der Waals surface area contributed by atoms with E-state index in [4.69, 9.17) is 10.5 Å². The number of nitrogens with two attached hydrogens (primary N) is 1. The van der Waals surface area contributed by atoms with E-state index in [9.17, 15) is 0 Å². The summed E-state index contributed by atoms with van der Waals surface area (Å²) >= 11 is 0. The van der Waals surface area contributed by atoms with Crippen molar-refractivity contribution in [2.45, 2.75) is 33.3 Å². The molecule has 15 heavy (non-hydrogen) atoms. The van der Waals surface area contributed by atoms with Crippen LogP contribution in [0.15, 0.2) is 18.3 Å². The van der Waals surface area contributed by atoms with E-state index in [1.165, 1.54) is 6.42 Å². The Morgan fingerprint density at radius 2 is 2.20 bits per heavy atom. The zero-order chi connectivity index (χ0) is 11.1. The number of nitrogen functional groups attached to an aromatic ring is 1. The summed E-state index contributed by atoms with van der Waals surface area (Å²) < 4.78 is 5.53. The van der Waals surface area contributed by atoms with Crippen LogP contribution < -0.4 is 5.73 Å². The summed E-state index contributed by atoms with van der Waals surface area (Å²) in [7, 11) is 0. The average molecular weight is 208 g/mol. The van der Waals surface area contributed by atoms with Crippen LogP contribution in [0.3, 0.4) is 0 Å². The number of hydrogen-bond acceptors (Lipinski definition) is 3. The summed E-state index contributed by atoms with van der Waals surface area (Å²) in [5.74, 6) is 1.31. The molecule has 0 aliphatic carbocycles. The van der Waals surface area contributed by atoms with Crippen molar-refractivity contribution in [3.8, 4) is 0 Å². The number of pyridine rings is 1. The van der Waals surface area contributed by atoms with Crippen molar-refractivity contribution in [1.82, 2.24) is 4.98 Å². The highest BCUT2D eigenvalue weighted by Gasteiger charge is 1.96. The van der Waals surface area contributed by atoms with Gasteiger partial charge in [-0.05, 0) is 30.4 Å². The van der Waals surface area contributed by atoms with Crippen LogP contribution in [-0.4, -0.2) is 11.6 Å². The number of aromatic nitrogens is 1. The van der Waals surface area contributed by atoms with E-state index >= 15 is 0 Å². The molecule has 0 amide bonds. The lowest BCUT2D eigenvalue weighted by Gasteiger charge is -2.06. The zero-order valence-electron chi connectivity index (χ0n) is 9.57. The molecule has 1 aromatic heterocycles. The van der Waals surface area contributed by atoms with Gasteiger partial charge in [-0.25, -0.2) is 4.98 Å². The fourth-order valence-corrected chi connectivity index (χ4v) is 1.30. The zero-order valence-corrected chi connectivity index (χ0v) is 9.57. The van der Waals surface area contributed by atoms with Gasteiger partial charge in [-0.3, -0.25) is 0 Å². The molecular formula is C12H20N2O. The molecule has 0 aromatic carbocycles. The fraction of sp³-hybridized carbons (Fsp3) is 0.583. The molecule has 1 rings (SSSR count). The first-order valence-corrected chi connectivity index (χ1v) is 5.46. The maximum absolute atomic E-state index is 5.53. The highest BCUT2D eigenvalue weighted by atomic mass is 16.5. The van der Waals surface area contributed by atoms with Crippen LogP contribution in [0, 0.1) is 5.92 Å². The maximum atomic E-state index is 5.53. The smallest absolute Gasteiger partial charge is 0.123 e. The first kappa shape index (κ1) is 12.0. The third-order valence-corrected chi connectivity index (χ3v) is 2.19. The van der Waals surface area contributed by atoms with E-state index in [0.29, 0.717) is 12.4 Å². The van der Waals surface area contributed by atoms with Gasteiger partial charge in [0.1, 0.15) is 5.82 Å². The predicted octanol–water partition coefficient (Wildman–Crippen LogP) is 2.62. The topological polar surface area (TPSA) is 48.1 Å². The second kappa shape index (κ2) is 6.40. The molecule has 0 saturated heterocycles. The number of hydrogen-bond donors (Lipinski definition) is 1. The van der Waals surface area contributed by atoms with Crippen LogP contribution in [0.5, 0.6) is 0 Å². The van der Waals surface area contributed by atoms with Crippen molar-refractivity contribution in [3.63, 3.8) is 0 Å². The number of anilines is 1. The molecule has 0 fully saturated rings. The number of ether oxygens (including phenoxy) is 1. The molecule has 0 aliphatic heterocycles. The molecule has 3 nitrogen and oxygen atoms in total. The Balaban J connectivity index is 2.12. The minimum atomic E-state index is 0.554. The summed E-state index contributed by atoms with van der Waals surface area (Å²) in [5, 5.41) is 0. The quantitative estimate of drug-likeness (QED) is 0.731. The molecule has 0 aliphatic rings. The second-order valence-corrected chi connectivity index (χ2v) is 4.18. The van der Waals surface area contributed by atoms with Gasteiger partial charge in [-0.15, -0.1) is 0 Å². The lowest BCUT2D eigenvalue weighted by molar-refractivity contribution is 0.114. The maximum Gasteiger partial charge on any atom is 0.123 e. The Morgan fingerprint density at radius 1 is 1.40 bits per heavy atom. The van der Waals surface area contributed by atoms with Gasteiger partial charge in [0.15, 0.2) is 0 Å². The van der Waals surface area contributed by atoms with Gasteiger partial charge in [-0.2, -0.15) is 0 Å². The molecular weight excluding hydrogens is 188 g/mol. The number of nitrogens with zero attached hydrogens (tertiary/aromatic N) is 1. The van der Waals surface area contributed by atoms with Crippen molar-refractivity contribution in [2.75, 3.05) is 12.3 Å². The molecule has 0 radical (unpaired) electrons. The summed E-state index contributed by atoms with van der Waals surface area (Å²) in [5.41, 5.74) is 6.56. The second-order valence-electron chi connectivity index (χ2n) is 4.18. The van der Waals surface area contributed by atoms with E-state index in [-0.39, 0.29) is 0 Å². The van der Waals surface area contributed by atoms with Gasteiger partial charge in [0, 0.05) is 12.8 Å². The number of rotatable bonds is 6. The molecule has 84 valence electrons. The summed E-state index contributed by atoms with van der Waals surface area (Å²) in [4.78, 5) is 4.00. The van der Waals surface area contributed by atoms with Crippen molar-refractivity contribution in [2.24, 2.45) is 5.92 Å². The summed E-state index contributed by atoms with van der Waals surface area (Å²) in [6, 6.07) is 3.75. The van der Waals surface area contributed by atoms with Crippen LogP contribution in [0.1, 0.15) is 32.3 Å². The lowest BCUT2D eigenvalue weighted by atomic mass is 10.1. The van der Waals surface area contributed by atoms with Crippen molar-refractivity contribution >= 4 is 5.82 Å². The third kappa shape index (κ3) is 5.37. The average Bonchev–Trinajstić information content (AvgIpc) is 2.20. The first-order chi connectivity index (χ1) is 7.18. The van der Waals surface area contributed by atoms with E-state index in [1.54, 1.807) is 12.3 Å². The van der Waals surface area contributed by atoms with Gasteiger partial charge < -0.3 is 10.5 Å². The van der Waals surface area contributed by atoms with E-state index in [2.05, 4.69) is 18.8 Å². The molecule has 0 atom stereocenters. The van der Waals surface area contributed by atoms with Crippen LogP contribution in [0.4, 0.5) is 5.82 Å². The Bertz CT molecular complexity index is 269. The van der Waals surface area contributed by atoms with Crippen molar-refractivity contribution in [3.05, 3.63) is 23.9 Å². The summed E-state index contributed by atoms with van der Waals surface area (Å²) in [6.45, 7) is 5.90. The Hall–Kier alpha value is -1.09. The van der Waals surface area contributed by atoms with E-state index in [1.807, 2.05) is 6.07 Å². The Labute approximate surface area is 91.7 Å². The van der Waals surface area contributed by atoms with Gasteiger partial charge in [0.05, 0.1) is 6.61 Å². The first-order valence-electron chi connectivity index (χ1n) is 5.46. The van der Waals surface area contributed by atoms with Crippen LogP contribution in [0.2, 0.25) is 0 Å². The van der Waals surface area contributed by atoms with E-state index in [0.717, 1.165) is 24.5 Å². The van der Waals surface area contributed by atoms with Gasteiger partial charge in [0.2, 0.25) is 0 Å². The van der Waals surface area contributed by atoms with Crippen LogP contribution in [0.25, 0.3) is 0 Å². The largest absolute Gasteiger partial charge is 0.384 e.